The fraction of sp³-hybridized carbons (Fsp3) is 0.619. The summed E-state index contributed by atoms with van der Waals surface area (Å²) < 4.78 is 0. The van der Waals surface area contributed by atoms with Gasteiger partial charge < -0.3 is 9.80 Å². The van der Waals surface area contributed by atoms with Crippen molar-refractivity contribution in [3.05, 3.63) is 45.8 Å². The largest absolute Gasteiger partial charge is 0.355 e. The summed E-state index contributed by atoms with van der Waals surface area (Å²) in [4.78, 5) is 5.25. The van der Waals surface area contributed by atoms with Crippen molar-refractivity contribution in [2.75, 3.05) is 19.8 Å². The van der Waals surface area contributed by atoms with Crippen LogP contribution in [0.2, 0.25) is 0 Å². The molecular weight excluding hydrogens is 280 g/mol. The lowest BCUT2D eigenvalue weighted by Crippen LogP contribution is -2.31. The molecule has 1 fully saturated rings. The van der Waals surface area contributed by atoms with E-state index in [9.17, 15) is 0 Å². The first-order chi connectivity index (χ1) is 10.9. The summed E-state index contributed by atoms with van der Waals surface area (Å²) in [5.41, 5.74) is 9.14. The highest BCUT2D eigenvalue weighted by Gasteiger charge is 2.31. The minimum atomic E-state index is 0.654. The van der Waals surface area contributed by atoms with E-state index >= 15 is 0 Å². The highest BCUT2D eigenvalue weighted by atomic mass is 15.4. The molecule has 0 bridgehead atoms. The summed E-state index contributed by atoms with van der Waals surface area (Å²) in [5, 5.41) is 0. The third kappa shape index (κ3) is 3.13. The smallest absolute Gasteiger partial charge is 0.0899 e. The second kappa shape index (κ2) is 6.22. The van der Waals surface area contributed by atoms with Gasteiger partial charge in [0.15, 0.2) is 0 Å². The van der Waals surface area contributed by atoms with Crippen LogP contribution in [0.4, 0.5) is 0 Å². The molecule has 2 nitrogen and oxygen atoms in total. The minimum Gasteiger partial charge on any atom is -0.355 e. The molecule has 0 amide bonds. The first kappa shape index (κ1) is 16.4. The SMILES string of the molecule is CC1=CC(C)=C(N2CCN(C3=C(C)C=C(C)C[C@@H]3C)C2)[C@H](C)C1. The molecule has 2 heteroatoms. The Morgan fingerprint density at radius 2 is 1.13 bits per heavy atom. The quantitative estimate of drug-likeness (QED) is 0.701. The molecule has 2 atom stereocenters. The number of hydrogen-bond donors (Lipinski definition) is 0. The highest BCUT2D eigenvalue weighted by Crippen LogP contribution is 2.36. The van der Waals surface area contributed by atoms with Gasteiger partial charge in [-0.05, 0) is 51.7 Å². The average Bonchev–Trinajstić information content (AvgIpc) is 2.85. The van der Waals surface area contributed by atoms with Crippen LogP contribution in [0.25, 0.3) is 0 Å². The molecule has 23 heavy (non-hydrogen) atoms. The molecular formula is C21H32N2. The van der Waals surface area contributed by atoms with E-state index in [0.29, 0.717) is 11.8 Å². The van der Waals surface area contributed by atoms with Gasteiger partial charge in [-0.3, -0.25) is 0 Å². The van der Waals surface area contributed by atoms with E-state index in [2.05, 4.69) is 63.5 Å². The van der Waals surface area contributed by atoms with Crippen molar-refractivity contribution >= 4 is 0 Å². The topological polar surface area (TPSA) is 6.48 Å². The molecule has 0 aromatic rings. The van der Waals surface area contributed by atoms with E-state index in [4.69, 9.17) is 0 Å². The van der Waals surface area contributed by atoms with Gasteiger partial charge in [-0.1, -0.05) is 37.1 Å². The highest BCUT2D eigenvalue weighted by molar-refractivity contribution is 5.35. The first-order valence-electron chi connectivity index (χ1n) is 9.12. The molecule has 0 spiro atoms. The van der Waals surface area contributed by atoms with Crippen LogP contribution in [0.5, 0.6) is 0 Å². The summed E-state index contributed by atoms with van der Waals surface area (Å²) in [7, 11) is 0. The first-order valence-corrected chi connectivity index (χ1v) is 9.12. The Hall–Kier alpha value is -1.44. The zero-order valence-corrected chi connectivity index (χ0v) is 15.7. The Morgan fingerprint density at radius 1 is 0.739 bits per heavy atom. The molecule has 3 aliphatic rings. The van der Waals surface area contributed by atoms with Crippen molar-refractivity contribution < 1.29 is 0 Å². The van der Waals surface area contributed by atoms with E-state index in [0.717, 1.165) is 19.8 Å². The van der Waals surface area contributed by atoms with Gasteiger partial charge in [-0.2, -0.15) is 0 Å². The molecule has 0 aromatic carbocycles. The molecule has 0 radical (unpaired) electrons. The van der Waals surface area contributed by atoms with Crippen molar-refractivity contribution in [2.45, 2.75) is 54.4 Å². The van der Waals surface area contributed by atoms with Crippen LogP contribution in [0.3, 0.4) is 0 Å². The lowest BCUT2D eigenvalue weighted by Gasteiger charge is -2.34. The van der Waals surface area contributed by atoms with Gasteiger partial charge in [0, 0.05) is 36.3 Å². The Morgan fingerprint density at radius 3 is 1.48 bits per heavy atom. The number of nitrogens with zero attached hydrogens (tertiary/aromatic N) is 2. The van der Waals surface area contributed by atoms with Crippen LogP contribution in [0, 0.1) is 11.8 Å². The molecule has 1 saturated heterocycles. The van der Waals surface area contributed by atoms with Gasteiger partial charge in [-0.15, -0.1) is 0 Å². The predicted molar refractivity (Wildman–Crippen MR) is 98.8 cm³/mol. The van der Waals surface area contributed by atoms with Gasteiger partial charge in [0.2, 0.25) is 0 Å². The maximum atomic E-state index is 2.63. The molecule has 0 N–H and O–H groups in total. The van der Waals surface area contributed by atoms with Crippen molar-refractivity contribution in [1.82, 2.24) is 9.80 Å². The zero-order valence-electron chi connectivity index (χ0n) is 15.7. The molecule has 0 aromatic heterocycles. The van der Waals surface area contributed by atoms with E-state index in [1.165, 1.54) is 35.1 Å². The second-order valence-corrected chi connectivity index (χ2v) is 8.00. The van der Waals surface area contributed by atoms with Crippen molar-refractivity contribution in [3.63, 3.8) is 0 Å². The molecule has 126 valence electrons. The fourth-order valence-electron chi connectivity index (χ4n) is 5.05. The van der Waals surface area contributed by atoms with Crippen molar-refractivity contribution in [2.24, 2.45) is 11.8 Å². The van der Waals surface area contributed by atoms with Gasteiger partial charge in [0.05, 0.1) is 6.67 Å². The third-order valence-corrected chi connectivity index (χ3v) is 5.59. The Labute approximate surface area is 142 Å². The molecule has 0 unspecified atom stereocenters. The fourth-order valence-corrected chi connectivity index (χ4v) is 5.05. The van der Waals surface area contributed by atoms with Gasteiger partial charge >= 0.3 is 0 Å². The Balaban J connectivity index is 1.82. The zero-order chi connectivity index (χ0) is 16.7. The maximum Gasteiger partial charge on any atom is 0.0899 e. The van der Waals surface area contributed by atoms with Crippen LogP contribution in [0.1, 0.15) is 54.4 Å². The van der Waals surface area contributed by atoms with Crippen LogP contribution < -0.4 is 0 Å². The third-order valence-electron chi connectivity index (χ3n) is 5.59. The van der Waals surface area contributed by atoms with Crippen LogP contribution in [-0.4, -0.2) is 29.6 Å². The lowest BCUT2D eigenvalue weighted by molar-refractivity contribution is 0.279. The Bertz CT molecular complexity index is 564. The number of allylic oxidation sites excluding steroid dienone is 8. The second-order valence-electron chi connectivity index (χ2n) is 8.00. The molecule has 0 saturated carbocycles. The van der Waals surface area contributed by atoms with Gasteiger partial charge in [0.1, 0.15) is 0 Å². The summed E-state index contributed by atoms with van der Waals surface area (Å²) >= 11 is 0. The number of hydrogen-bond acceptors (Lipinski definition) is 2. The minimum absolute atomic E-state index is 0.654. The summed E-state index contributed by atoms with van der Waals surface area (Å²) in [6.45, 7) is 17.3. The van der Waals surface area contributed by atoms with E-state index < -0.39 is 0 Å². The maximum absolute atomic E-state index is 2.63. The Kier molecular flexibility index (Phi) is 4.44. The van der Waals surface area contributed by atoms with E-state index in [1.54, 1.807) is 11.4 Å². The van der Waals surface area contributed by atoms with Crippen molar-refractivity contribution in [1.29, 1.82) is 0 Å². The summed E-state index contributed by atoms with van der Waals surface area (Å²) in [5.74, 6) is 1.31. The lowest BCUT2D eigenvalue weighted by atomic mass is 9.88. The predicted octanol–water partition coefficient (Wildman–Crippen LogP) is 5.08. The van der Waals surface area contributed by atoms with E-state index in [-0.39, 0.29) is 0 Å². The normalized spacial score (nSPS) is 29.3. The van der Waals surface area contributed by atoms with Gasteiger partial charge in [-0.25, -0.2) is 0 Å². The van der Waals surface area contributed by atoms with Crippen LogP contribution >= 0.6 is 0 Å². The summed E-state index contributed by atoms with van der Waals surface area (Å²) in [6.07, 6.45) is 7.20. The van der Waals surface area contributed by atoms with Crippen LogP contribution in [-0.2, 0) is 0 Å². The van der Waals surface area contributed by atoms with E-state index in [1.807, 2.05) is 0 Å². The van der Waals surface area contributed by atoms with Crippen LogP contribution in [0.15, 0.2) is 45.8 Å². The monoisotopic (exact) mass is 312 g/mol. The standard InChI is InChI=1S/C21H32N2/c1-14-9-16(3)20(17(4)10-14)22-7-8-23(13-22)21-18(5)11-15(2)12-19(21)6/h9,11,17,19H,7-8,10,12-13H2,1-6H3/t17-,19+. The molecule has 1 aliphatic heterocycles. The average molecular weight is 313 g/mol. The van der Waals surface area contributed by atoms with Gasteiger partial charge in [0.25, 0.3) is 0 Å². The number of rotatable bonds is 2. The molecule has 1 heterocycles. The molecule has 2 aliphatic carbocycles. The molecule has 3 rings (SSSR count). The van der Waals surface area contributed by atoms with Crippen molar-refractivity contribution in [3.8, 4) is 0 Å². The summed E-state index contributed by atoms with van der Waals surface area (Å²) in [6, 6.07) is 0.